The van der Waals surface area contributed by atoms with Crippen molar-refractivity contribution in [1.29, 1.82) is 0 Å². The zero-order chi connectivity index (χ0) is 16.8. The van der Waals surface area contributed by atoms with Gasteiger partial charge in [0, 0.05) is 37.8 Å². The number of nitrogens with two attached hydrogens (primary N) is 1. The molecule has 1 aliphatic rings. The van der Waals surface area contributed by atoms with Crippen LogP contribution in [-0.2, 0) is 4.79 Å². The van der Waals surface area contributed by atoms with Crippen LogP contribution in [0.15, 0.2) is 48.7 Å². The third-order valence-electron chi connectivity index (χ3n) is 4.39. The van der Waals surface area contributed by atoms with Crippen LogP contribution in [0.2, 0.25) is 0 Å². The van der Waals surface area contributed by atoms with Crippen LogP contribution in [0.1, 0.15) is 30.9 Å². The van der Waals surface area contributed by atoms with Gasteiger partial charge in [-0.3, -0.25) is 4.79 Å². The summed E-state index contributed by atoms with van der Waals surface area (Å²) in [7, 11) is 0. The molecular formula is C18H23N5O. The summed E-state index contributed by atoms with van der Waals surface area (Å²) in [5.74, 6) is 0.915. The summed E-state index contributed by atoms with van der Waals surface area (Å²) in [6.07, 6.45) is 3.82. The van der Waals surface area contributed by atoms with Crippen molar-refractivity contribution >= 4 is 11.7 Å². The second kappa shape index (κ2) is 7.88. The van der Waals surface area contributed by atoms with E-state index >= 15 is 0 Å². The van der Waals surface area contributed by atoms with Crippen molar-refractivity contribution < 1.29 is 4.79 Å². The number of rotatable bonds is 5. The second-order valence-electron chi connectivity index (χ2n) is 6.13. The third-order valence-corrected chi connectivity index (χ3v) is 4.39. The lowest BCUT2D eigenvalue weighted by molar-refractivity contribution is -0.132. The zero-order valence-corrected chi connectivity index (χ0v) is 13.6. The number of anilines is 1. The summed E-state index contributed by atoms with van der Waals surface area (Å²) in [6, 6.07) is 13.6. The Bertz CT molecular complexity index is 641. The minimum atomic E-state index is -0.242. The summed E-state index contributed by atoms with van der Waals surface area (Å²) < 4.78 is 0. The molecule has 1 fully saturated rings. The Kier molecular flexibility index (Phi) is 5.38. The van der Waals surface area contributed by atoms with Gasteiger partial charge in [-0.05, 0) is 30.5 Å². The molecule has 1 aromatic heterocycles. The van der Waals surface area contributed by atoms with Gasteiger partial charge in [0.2, 0.25) is 5.91 Å². The standard InChI is InChI=1S/C18H23N5O/c19-16(14-5-2-1-3-6-14)13-18(24)23-11-8-15(9-12-23)21-17-7-4-10-20-22-17/h1-7,10,15-16H,8-9,11-13,19H2,(H,21,22). The Labute approximate surface area is 142 Å². The number of likely N-dealkylation sites (tertiary alicyclic amines) is 1. The highest BCUT2D eigenvalue weighted by atomic mass is 16.2. The molecule has 1 aromatic carbocycles. The maximum atomic E-state index is 12.4. The van der Waals surface area contributed by atoms with E-state index in [9.17, 15) is 4.79 Å². The van der Waals surface area contributed by atoms with Gasteiger partial charge < -0.3 is 16.0 Å². The van der Waals surface area contributed by atoms with Crippen molar-refractivity contribution in [2.24, 2.45) is 5.73 Å². The van der Waals surface area contributed by atoms with Crippen molar-refractivity contribution in [1.82, 2.24) is 15.1 Å². The normalized spacial score (nSPS) is 16.6. The Morgan fingerprint density at radius 2 is 1.96 bits per heavy atom. The van der Waals surface area contributed by atoms with Crippen molar-refractivity contribution in [3.8, 4) is 0 Å². The van der Waals surface area contributed by atoms with Crippen molar-refractivity contribution in [3.05, 3.63) is 54.2 Å². The maximum Gasteiger partial charge on any atom is 0.224 e. The molecule has 0 aliphatic carbocycles. The number of hydrogen-bond donors (Lipinski definition) is 2. The number of aromatic nitrogens is 2. The van der Waals surface area contributed by atoms with E-state index in [4.69, 9.17) is 5.73 Å². The minimum absolute atomic E-state index is 0.129. The molecule has 3 rings (SSSR count). The molecule has 1 atom stereocenters. The zero-order valence-electron chi connectivity index (χ0n) is 13.6. The molecule has 126 valence electrons. The summed E-state index contributed by atoms with van der Waals surface area (Å²) in [6.45, 7) is 1.50. The number of nitrogens with zero attached hydrogens (tertiary/aromatic N) is 3. The van der Waals surface area contributed by atoms with Gasteiger partial charge in [-0.2, -0.15) is 5.10 Å². The Morgan fingerprint density at radius 1 is 1.21 bits per heavy atom. The van der Waals surface area contributed by atoms with Crippen LogP contribution in [-0.4, -0.2) is 40.1 Å². The fraction of sp³-hybridized carbons (Fsp3) is 0.389. The fourth-order valence-electron chi connectivity index (χ4n) is 3.00. The topological polar surface area (TPSA) is 84.1 Å². The van der Waals surface area contributed by atoms with Crippen molar-refractivity contribution in [2.75, 3.05) is 18.4 Å². The van der Waals surface area contributed by atoms with Gasteiger partial charge in [-0.25, -0.2) is 0 Å². The average Bonchev–Trinajstić information content (AvgIpc) is 2.64. The average molecular weight is 325 g/mol. The van der Waals surface area contributed by atoms with E-state index in [1.165, 1.54) is 0 Å². The summed E-state index contributed by atoms with van der Waals surface area (Å²) in [5.41, 5.74) is 7.16. The van der Waals surface area contributed by atoms with Crippen LogP contribution >= 0.6 is 0 Å². The third kappa shape index (κ3) is 4.29. The van der Waals surface area contributed by atoms with Gasteiger partial charge in [0.1, 0.15) is 5.82 Å². The number of hydrogen-bond acceptors (Lipinski definition) is 5. The van der Waals surface area contributed by atoms with Crippen LogP contribution in [0, 0.1) is 0 Å². The smallest absolute Gasteiger partial charge is 0.224 e. The molecule has 1 amide bonds. The van der Waals surface area contributed by atoms with Gasteiger partial charge in [0.15, 0.2) is 0 Å². The van der Waals surface area contributed by atoms with Crippen LogP contribution in [0.5, 0.6) is 0 Å². The quantitative estimate of drug-likeness (QED) is 0.878. The Morgan fingerprint density at radius 3 is 2.62 bits per heavy atom. The van der Waals surface area contributed by atoms with Crippen LogP contribution in [0.25, 0.3) is 0 Å². The number of carbonyl (C=O) groups excluding carboxylic acids is 1. The molecule has 1 aliphatic heterocycles. The molecule has 1 unspecified atom stereocenters. The maximum absolute atomic E-state index is 12.4. The number of nitrogens with one attached hydrogen (secondary N) is 1. The molecule has 0 bridgehead atoms. The highest BCUT2D eigenvalue weighted by Gasteiger charge is 2.24. The molecule has 0 saturated carbocycles. The van der Waals surface area contributed by atoms with Crippen molar-refractivity contribution in [3.63, 3.8) is 0 Å². The first-order valence-corrected chi connectivity index (χ1v) is 8.35. The van der Waals surface area contributed by atoms with Crippen molar-refractivity contribution in [2.45, 2.75) is 31.3 Å². The van der Waals surface area contributed by atoms with E-state index in [1.807, 2.05) is 47.4 Å². The summed E-state index contributed by atoms with van der Waals surface area (Å²) in [5, 5.41) is 11.3. The van der Waals surface area contributed by atoms with Gasteiger partial charge in [-0.15, -0.1) is 5.10 Å². The molecule has 2 aromatic rings. The lowest BCUT2D eigenvalue weighted by Gasteiger charge is -2.33. The number of amides is 1. The van der Waals surface area contributed by atoms with Crippen LogP contribution in [0.3, 0.4) is 0 Å². The van der Waals surface area contributed by atoms with E-state index < -0.39 is 0 Å². The van der Waals surface area contributed by atoms with Crippen LogP contribution in [0.4, 0.5) is 5.82 Å². The predicted molar refractivity (Wildman–Crippen MR) is 93.2 cm³/mol. The van der Waals surface area contributed by atoms with E-state index in [2.05, 4.69) is 15.5 Å². The van der Waals surface area contributed by atoms with E-state index in [0.29, 0.717) is 12.5 Å². The van der Waals surface area contributed by atoms with E-state index in [1.54, 1.807) is 6.20 Å². The molecule has 0 radical (unpaired) electrons. The second-order valence-corrected chi connectivity index (χ2v) is 6.13. The Balaban J connectivity index is 1.47. The SMILES string of the molecule is NC(CC(=O)N1CCC(Nc2cccnn2)CC1)c1ccccc1. The minimum Gasteiger partial charge on any atom is -0.366 e. The van der Waals surface area contributed by atoms with E-state index in [-0.39, 0.29) is 11.9 Å². The van der Waals surface area contributed by atoms with Gasteiger partial charge in [0.05, 0.1) is 0 Å². The van der Waals surface area contributed by atoms with Gasteiger partial charge in [-0.1, -0.05) is 30.3 Å². The molecule has 1 saturated heterocycles. The molecule has 0 spiro atoms. The molecule has 2 heterocycles. The number of benzene rings is 1. The molecule has 6 nitrogen and oxygen atoms in total. The fourth-order valence-corrected chi connectivity index (χ4v) is 3.00. The predicted octanol–water partition coefficient (Wildman–Crippen LogP) is 1.97. The van der Waals surface area contributed by atoms with Gasteiger partial charge in [0.25, 0.3) is 0 Å². The molecular weight excluding hydrogens is 302 g/mol. The largest absolute Gasteiger partial charge is 0.366 e. The lowest BCUT2D eigenvalue weighted by atomic mass is 10.0. The van der Waals surface area contributed by atoms with Gasteiger partial charge >= 0.3 is 0 Å². The Hall–Kier alpha value is -2.47. The van der Waals surface area contributed by atoms with Crippen LogP contribution < -0.4 is 11.1 Å². The summed E-state index contributed by atoms with van der Waals surface area (Å²) in [4.78, 5) is 14.4. The lowest BCUT2D eigenvalue weighted by Crippen LogP contribution is -2.43. The monoisotopic (exact) mass is 325 g/mol. The first kappa shape index (κ1) is 16.4. The highest BCUT2D eigenvalue weighted by Crippen LogP contribution is 2.19. The highest BCUT2D eigenvalue weighted by molar-refractivity contribution is 5.77. The first-order chi connectivity index (χ1) is 11.7. The number of carbonyl (C=O) groups is 1. The molecule has 3 N–H and O–H groups in total. The summed E-state index contributed by atoms with van der Waals surface area (Å²) >= 11 is 0. The van der Waals surface area contributed by atoms with E-state index in [0.717, 1.165) is 37.3 Å². The first-order valence-electron chi connectivity index (χ1n) is 8.35. The number of piperidine rings is 1. The molecule has 24 heavy (non-hydrogen) atoms. The molecule has 6 heteroatoms.